The third kappa shape index (κ3) is 2.44. The second kappa shape index (κ2) is 4.80. The van der Waals surface area contributed by atoms with Gasteiger partial charge in [0.1, 0.15) is 9.30 Å². The number of nitrogens with zero attached hydrogens (tertiary/aromatic N) is 2. The van der Waals surface area contributed by atoms with E-state index in [1.165, 1.54) is 0 Å². The molecule has 2 heterocycles. The van der Waals surface area contributed by atoms with Crippen LogP contribution < -0.4 is 10.1 Å². The van der Waals surface area contributed by atoms with E-state index in [9.17, 15) is 0 Å². The highest BCUT2D eigenvalue weighted by molar-refractivity contribution is 14.1. The molecule has 0 bridgehead atoms. The van der Waals surface area contributed by atoms with E-state index in [0.29, 0.717) is 12.6 Å². The molecular formula is C10H14IN3O2. The van der Waals surface area contributed by atoms with Gasteiger partial charge in [0.25, 0.3) is 0 Å². The smallest absolute Gasteiger partial charge is 0.317 e. The molecule has 2 rings (SSSR count). The lowest BCUT2D eigenvalue weighted by molar-refractivity contribution is -0.0605. The maximum absolute atomic E-state index is 5.79. The largest absolute Gasteiger partial charge is 0.467 e. The van der Waals surface area contributed by atoms with Gasteiger partial charge >= 0.3 is 6.01 Å². The van der Waals surface area contributed by atoms with Crippen LogP contribution in [0.25, 0.3) is 0 Å². The van der Waals surface area contributed by atoms with Crippen LogP contribution in [0.2, 0.25) is 0 Å². The maximum Gasteiger partial charge on any atom is 0.317 e. The van der Waals surface area contributed by atoms with E-state index < -0.39 is 5.60 Å². The molecule has 0 spiro atoms. The van der Waals surface area contributed by atoms with Gasteiger partial charge in [-0.1, -0.05) is 0 Å². The summed E-state index contributed by atoms with van der Waals surface area (Å²) >= 11 is 2.15. The van der Waals surface area contributed by atoms with Gasteiger partial charge in [0.05, 0.1) is 19.4 Å². The molecule has 6 heteroatoms. The lowest BCUT2D eigenvalue weighted by Crippen LogP contribution is -2.46. The van der Waals surface area contributed by atoms with E-state index in [4.69, 9.17) is 9.47 Å². The summed E-state index contributed by atoms with van der Waals surface area (Å²) in [7, 11) is 1.57. The fourth-order valence-corrected chi connectivity index (χ4v) is 2.15. The van der Waals surface area contributed by atoms with E-state index >= 15 is 0 Å². The molecule has 1 N–H and O–H groups in total. The molecule has 1 aliphatic rings. The lowest BCUT2D eigenvalue weighted by atomic mass is 10.0. The van der Waals surface area contributed by atoms with Gasteiger partial charge in [-0.05, 0) is 35.6 Å². The Morgan fingerprint density at radius 3 is 3.00 bits per heavy atom. The number of nitrogens with one attached hydrogen (secondary N) is 1. The minimum absolute atomic E-state index is 0.386. The highest BCUT2D eigenvalue weighted by Gasteiger charge is 2.32. The molecule has 1 fully saturated rings. The Hall–Kier alpha value is -0.470. The van der Waals surface area contributed by atoms with E-state index in [2.05, 4.69) is 37.9 Å². The number of aromatic nitrogens is 2. The number of methoxy groups -OCH3 is 1. The van der Waals surface area contributed by atoms with Crippen LogP contribution >= 0.6 is 22.6 Å². The highest BCUT2D eigenvalue weighted by atomic mass is 127. The van der Waals surface area contributed by atoms with E-state index in [0.717, 1.165) is 22.5 Å². The van der Waals surface area contributed by atoms with Gasteiger partial charge < -0.3 is 14.8 Å². The predicted octanol–water partition coefficient (Wildman–Crippen LogP) is 0.925. The molecule has 1 unspecified atom stereocenters. The Balaban J connectivity index is 2.34. The van der Waals surface area contributed by atoms with E-state index in [1.54, 1.807) is 7.11 Å². The van der Waals surface area contributed by atoms with Crippen molar-refractivity contribution in [2.24, 2.45) is 0 Å². The van der Waals surface area contributed by atoms with Gasteiger partial charge in [-0.15, -0.1) is 0 Å². The van der Waals surface area contributed by atoms with Gasteiger partial charge in [0.15, 0.2) is 0 Å². The molecule has 16 heavy (non-hydrogen) atoms. The van der Waals surface area contributed by atoms with Gasteiger partial charge in [-0.25, -0.2) is 0 Å². The average Bonchev–Trinajstić information content (AvgIpc) is 2.29. The van der Waals surface area contributed by atoms with Crippen molar-refractivity contribution in [3.63, 3.8) is 0 Å². The van der Waals surface area contributed by atoms with Crippen LogP contribution in [0.5, 0.6) is 6.01 Å². The number of halogens is 1. The maximum atomic E-state index is 5.79. The van der Waals surface area contributed by atoms with Crippen molar-refractivity contribution in [2.75, 3.05) is 26.8 Å². The van der Waals surface area contributed by atoms with E-state index in [1.807, 2.05) is 13.0 Å². The molecule has 0 amide bonds. The Labute approximate surface area is 108 Å². The molecule has 0 aromatic carbocycles. The summed E-state index contributed by atoms with van der Waals surface area (Å²) in [5.74, 6) is 0. The van der Waals surface area contributed by atoms with Crippen molar-refractivity contribution in [3.05, 3.63) is 15.5 Å². The Morgan fingerprint density at radius 2 is 2.38 bits per heavy atom. The number of hydrogen-bond acceptors (Lipinski definition) is 5. The standard InChI is InChI=1S/C10H14IN3O2/c1-10(6-12-3-4-16-10)7-5-8(11)14-9(13-7)15-2/h5,12H,3-4,6H2,1-2H3. The number of ether oxygens (including phenoxy) is 2. The van der Waals surface area contributed by atoms with Crippen LogP contribution in [0.1, 0.15) is 12.6 Å². The summed E-state index contributed by atoms with van der Waals surface area (Å²) < 4.78 is 11.7. The molecule has 5 nitrogen and oxygen atoms in total. The first kappa shape index (κ1) is 12.0. The number of hydrogen-bond donors (Lipinski definition) is 1. The predicted molar refractivity (Wildman–Crippen MR) is 67.5 cm³/mol. The fraction of sp³-hybridized carbons (Fsp3) is 0.600. The molecule has 1 aromatic rings. The summed E-state index contributed by atoms with van der Waals surface area (Å²) in [6.07, 6.45) is 0. The molecule has 0 saturated carbocycles. The van der Waals surface area contributed by atoms with Crippen molar-refractivity contribution in [3.8, 4) is 6.01 Å². The minimum atomic E-state index is -0.394. The van der Waals surface area contributed by atoms with Crippen molar-refractivity contribution in [1.29, 1.82) is 0 Å². The minimum Gasteiger partial charge on any atom is -0.467 e. The molecule has 0 aliphatic carbocycles. The van der Waals surface area contributed by atoms with Crippen LogP contribution in [0.3, 0.4) is 0 Å². The van der Waals surface area contributed by atoms with Crippen LogP contribution in [0.4, 0.5) is 0 Å². The monoisotopic (exact) mass is 335 g/mol. The molecule has 1 aliphatic heterocycles. The summed E-state index contributed by atoms with van der Waals surface area (Å²) in [5, 5.41) is 3.30. The van der Waals surface area contributed by atoms with Crippen LogP contribution in [-0.2, 0) is 10.3 Å². The number of rotatable bonds is 2. The highest BCUT2D eigenvalue weighted by Crippen LogP contribution is 2.26. The van der Waals surface area contributed by atoms with E-state index in [-0.39, 0.29) is 0 Å². The Bertz CT molecular complexity index is 380. The Kier molecular flexibility index (Phi) is 3.60. The molecule has 1 aromatic heterocycles. The summed E-state index contributed by atoms with van der Waals surface area (Å²) in [6.45, 7) is 4.36. The van der Waals surface area contributed by atoms with Gasteiger partial charge in [-0.2, -0.15) is 9.97 Å². The molecular weight excluding hydrogens is 321 g/mol. The third-order valence-electron chi connectivity index (χ3n) is 2.56. The first-order valence-electron chi connectivity index (χ1n) is 5.08. The lowest BCUT2D eigenvalue weighted by Gasteiger charge is -2.33. The first-order chi connectivity index (χ1) is 7.64. The first-order valence-corrected chi connectivity index (χ1v) is 6.16. The Morgan fingerprint density at radius 1 is 1.56 bits per heavy atom. The van der Waals surface area contributed by atoms with Crippen molar-refractivity contribution >= 4 is 22.6 Å². The number of morpholine rings is 1. The van der Waals surface area contributed by atoms with Crippen LogP contribution in [0.15, 0.2) is 6.07 Å². The fourth-order valence-electron chi connectivity index (χ4n) is 1.65. The van der Waals surface area contributed by atoms with Crippen molar-refractivity contribution in [2.45, 2.75) is 12.5 Å². The zero-order chi connectivity index (χ0) is 11.6. The van der Waals surface area contributed by atoms with Crippen molar-refractivity contribution < 1.29 is 9.47 Å². The molecule has 1 atom stereocenters. The van der Waals surface area contributed by atoms with Gasteiger partial charge in [-0.3, -0.25) is 0 Å². The topological polar surface area (TPSA) is 56.3 Å². The second-order valence-electron chi connectivity index (χ2n) is 3.82. The SMILES string of the molecule is COc1nc(I)cc(C2(C)CNCCO2)n1. The van der Waals surface area contributed by atoms with Crippen molar-refractivity contribution in [1.82, 2.24) is 15.3 Å². The normalized spacial score (nSPS) is 25.4. The quantitative estimate of drug-likeness (QED) is 0.644. The van der Waals surface area contributed by atoms with Crippen LogP contribution in [0, 0.1) is 3.70 Å². The zero-order valence-corrected chi connectivity index (χ0v) is 11.4. The molecule has 1 saturated heterocycles. The third-order valence-corrected chi connectivity index (χ3v) is 3.11. The average molecular weight is 335 g/mol. The van der Waals surface area contributed by atoms with Gasteiger partial charge in [0.2, 0.25) is 0 Å². The summed E-state index contributed by atoms with van der Waals surface area (Å²) in [6, 6.07) is 2.31. The molecule has 88 valence electrons. The summed E-state index contributed by atoms with van der Waals surface area (Å²) in [4.78, 5) is 8.50. The van der Waals surface area contributed by atoms with Crippen LogP contribution in [-0.4, -0.2) is 36.8 Å². The second-order valence-corrected chi connectivity index (χ2v) is 4.92. The summed E-state index contributed by atoms with van der Waals surface area (Å²) in [5.41, 5.74) is 0.463. The van der Waals surface area contributed by atoms with Gasteiger partial charge in [0, 0.05) is 13.1 Å². The molecule has 0 radical (unpaired) electrons. The zero-order valence-electron chi connectivity index (χ0n) is 9.29.